The molecule has 6 heteroatoms. The summed E-state index contributed by atoms with van der Waals surface area (Å²) in [5.74, 6) is -0.907. The van der Waals surface area contributed by atoms with E-state index in [1.54, 1.807) is 18.2 Å². The number of benzene rings is 1. The molecule has 0 saturated heterocycles. The summed E-state index contributed by atoms with van der Waals surface area (Å²) in [6.45, 7) is 0.440. The maximum atomic E-state index is 10.7. The first-order valence-electron chi connectivity index (χ1n) is 5.26. The molecule has 0 fully saturated rings. The third-order valence-corrected chi connectivity index (χ3v) is 2.26. The molecule has 0 unspecified atom stereocenters. The standard InChI is InChI=1S/C11H14N2O4/c14-11(15)8-12-7-3-5-9-4-1-2-6-10(9)13(16)17/h1-2,4,6,12H,3,5,7-8H2,(H,14,15). The number of carboxylic acid groups (broad SMARTS) is 1. The number of rotatable bonds is 7. The third kappa shape index (κ3) is 4.60. The lowest BCUT2D eigenvalue weighted by Crippen LogP contribution is -2.23. The maximum absolute atomic E-state index is 10.7. The molecule has 0 saturated carbocycles. The smallest absolute Gasteiger partial charge is 0.317 e. The Balaban J connectivity index is 2.41. The number of aliphatic carboxylic acids is 1. The van der Waals surface area contributed by atoms with E-state index in [4.69, 9.17) is 5.11 Å². The van der Waals surface area contributed by atoms with E-state index in [0.29, 0.717) is 24.9 Å². The highest BCUT2D eigenvalue weighted by atomic mass is 16.6. The van der Waals surface area contributed by atoms with Crippen molar-refractivity contribution >= 4 is 11.7 Å². The van der Waals surface area contributed by atoms with Crippen LogP contribution in [0.5, 0.6) is 0 Å². The van der Waals surface area contributed by atoms with E-state index in [2.05, 4.69) is 5.32 Å². The summed E-state index contributed by atoms with van der Waals surface area (Å²) in [5.41, 5.74) is 0.792. The van der Waals surface area contributed by atoms with Crippen LogP contribution in [0.4, 0.5) is 5.69 Å². The molecule has 0 atom stereocenters. The molecule has 2 N–H and O–H groups in total. The van der Waals surface area contributed by atoms with Gasteiger partial charge in [-0.3, -0.25) is 14.9 Å². The third-order valence-electron chi connectivity index (χ3n) is 2.26. The molecule has 0 aliphatic rings. The van der Waals surface area contributed by atoms with Gasteiger partial charge in [0.05, 0.1) is 11.5 Å². The van der Waals surface area contributed by atoms with Crippen LogP contribution >= 0.6 is 0 Å². The molecule has 0 aliphatic heterocycles. The fourth-order valence-electron chi connectivity index (χ4n) is 1.50. The van der Waals surface area contributed by atoms with Crippen molar-refractivity contribution in [2.75, 3.05) is 13.1 Å². The topological polar surface area (TPSA) is 92.5 Å². The van der Waals surface area contributed by atoms with Gasteiger partial charge in [0.15, 0.2) is 0 Å². The predicted octanol–water partition coefficient (Wildman–Crippen LogP) is 1.20. The van der Waals surface area contributed by atoms with Crippen LogP contribution in [0, 0.1) is 10.1 Å². The van der Waals surface area contributed by atoms with Crippen molar-refractivity contribution in [1.82, 2.24) is 5.32 Å². The summed E-state index contributed by atoms with van der Waals surface area (Å²) in [4.78, 5) is 20.5. The number of nitrogens with zero attached hydrogens (tertiary/aromatic N) is 1. The van der Waals surface area contributed by atoms with Crippen LogP contribution in [0.15, 0.2) is 24.3 Å². The van der Waals surface area contributed by atoms with Gasteiger partial charge in [0, 0.05) is 11.6 Å². The molecule has 0 radical (unpaired) electrons. The van der Waals surface area contributed by atoms with Crippen molar-refractivity contribution in [3.8, 4) is 0 Å². The molecular formula is C11H14N2O4. The van der Waals surface area contributed by atoms with Crippen molar-refractivity contribution in [3.63, 3.8) is 0 Å². The van der Waals surface area contributed by atoms with Crippen molar-refractivity contribution in [2.45, 2.75) is 12.8 Å². The number of nitrogens with one attached hydrogen (secondary N) is 1. The molecule has 0 bridgehead atoms. The SMILES string of the molecule is O=C(O)CNCCCc1ccccc1[N+](=O)[O-]. The summed E-state index contributed by atoms with van der Waals surface area (Å²) in [6.07, 6.45) is 1.22. The van der Waals surface area contributed by atoms with Gasteiger partial charge in [0.25, 0.3) is 5.69 Å². The monoisotopic (exact) mass is 238 g/mol. The first-order valence-corrected chi connectivity index (χ1v) is 5.26. The fraction of sp³-hybridized carbons (Fsp3) is 0.364. The van der Waals surface area contributed by atoms with Gasteiger partial charge in [-0.2, -0.15) is 0 Å². The van der Waals surface area contributed by atoms with E-state index >= 15 is 0 Å². The number of aryl methyl sites for hydroxylation is 1. The average Bonchev–Trinajstić information content (AvgIpc) is 2.28. The zero-order chi connectivity index (χ0) is 12.7. The van der Waals surface area contributed by atoms with Crippen LogP contribution in [-0.4, -0.2) is 29.1 Å². The minimum absolute atomic E-state index is 0.0864. The van der Waals surface area contributed by atoms with Gasteiger partial charge >= 0.3 is 5.97 Å². The highest BCUT2D eigenvalue weighted by Gasteiger charge is 2.11. The fourth-order valence-corrected chi connectivity index (χ4v) is 1.50. The number of para-hydroxylation sites is 1. The lowest BCUT2D eigenvalue weighted by molar-refractivity contribution is -0.385. The Morgan fingerprint density at radius 3 is 2.76 bits per heavy atom. The summed E-state index contributed by atoms with van der Waals surface area (Å²) < 4.78 is 0. The molecule has 0 spiro atoms. The molecule has 17 heavy (non-hydrogen) atoms. The zero-order valence-corrected chi connectivity index (χ0v) is 9.26. The van der Waals surface area contributed by atoms with Crippen LogP contribution in [0.2, 0.25) is 0 Å². The molecule has 1 rings (SSSR count). The van der Waals surface area contributed by atoms with Crippen LogP contribution in [0.3, 0.4) is 0 Å². The van der Waals surface area contributed by atoms with Crippen LogP contribution in [0.1, 0.15) is 12.0 Å². The average molecular weight is 238 g/mol. The first kappa shape index (κ1) is 13.1. The van der Waals surface area contributed by atoms with Crippen molar-refractivity contribution in [2.24, 2.45) is 0 Å². The van der Waals surface area contributed by atoms with Gasteiger partial charge in [0.2, 0.25) is 0 Å². The Bertz CT molecular complexity index is 406. The predicted molar refractivity (Wildman–Crippen MR) is 61.9 cm³/mol. The molecule has 0 amide bonds. The molecular weight excluding hydrogens is 224 g/mol. The molecule has 1 aromatic carbocycles. The molecule has 0 aliphatic carbocycles. The summed E-state index contributed by atoms with van der Waals surface area (Å²) in [5, 5.41) is 21.8. The molecule has 6 nitrogen and oxygen atoms in total. The Kier molecular flexibility index (Phi) is 5.09. The second-order valence-electron chi connectivity index (χ2n) is 3.56. The first-order chi connectivity index (χ1) is 8.11. The van der Waals surface area contributed by atoms with E-state index in [-0.39, 0.29) is 12.2 Å². The number of carboxylic acids is 1. The second kappa shape index (κ2) is 6.59. The number of hydrogen-bond donors (Lipinski definition) is 2. The summed E-state index contributed by atoms with van der Waals surface area (Å²) in [6, 6.07) is 6.58. The van der Waals surface area contributed by atoms with E-state index in [0.717, 1.165) is 0 Å². The zero-order valence-electron chi connectivity index (χ0n) is 9.26. The lowest BCUT2D eigenvalue weighted by atomic mass is 10.1. The van der Waals surface area contributed by atoms with E-state index in [9.17, 15) is 14.9 Å². The number of hydrogen-bond acceptors (Lipinski definition) is 4. The Hall–Kier alpha value is -1.95. The lowest BCUT2D eigenvalue weighted by Gasteiger charge is -2.03. The highest BCUT2D eigenvalue weighted by molar-refractivity contribution is 5.68. The van der Waals surface area contributed by atoms with Crippen molar-refractivity contribution in [1.29, 1.82) is 0 Å². The van der Waals surface area contributed by atoms with Crippen LogP contribution in [0.25, 0.3) is 0 Å². The molecule has 1 aromatic rings. The highest BCUT2D eigenvalue weighted by Crippen LogP contribution is 2.18. The number of carbonyl (C=O) groups is 1. The normalized spacial score (nSPS) is 10.1. The van der Waals surface area contributed by atoms with E-state index < -0.39 is 10.9 Å². The quantitative estimate of drug-likeness (QED) is 0.423. The second-order valence-corrected chi connectivity index (χ2v) is 3.56. The molecule has 0 heterocycles. The minimum Gasteiger partial charge on any atom is -0.480 e. The Morgan fingerprint density at radius 1 is 1.41 bits per heavy atom. The number of nitro benzene ring substituents is 1. The Labute approximate surface area is 98.4 Å². The van der Waals surface area contributed by atoms with Crippen molar-refractivity contribution in [3.05, 3.63) is 39.9 Å². The van der Waals surface area contributed by atoms with E-state index in [1.807, 2.05) is 0 Å². The van der Waals surface area contributed by atoms with Crippen molar-refractivity contribution < 1.29 is 14.8 Å². The summed E-state index contributed by atoms with van der Waals surface area (Å²) >= 11 is 0. The van der Waals surface area contributed by atoms with Crippen LogP contribution < -0.4 is 5.32 Å². The largest absolute Gasteiger partial charge is 0.480 e. The Morgan fingerprint density at radius 2 is 2.12 bits per heavy atom. The number of nitro groups is 1. The van der Waals surface area contributed by atoms with Crippen LogP contribution in [-0.2, 0) is 11.2 Å². The molecule has 92 valence electrons. The summed E-state index contributed by atoms with van der Waals surface area (Å²) in [7, 11) is 0. The van der Waals surface area contributed by atoms with Gasteiger partial charge in [-0.1, -0.05) is 18.2 Å². The maximum Gasteiger partial charge on any atom is 0.317 e. The minimum atomic E-state index is -0.907. The molecule has 0 aromatic heterocycles. The van der Waals surface area contributed by atoms with Gasteiger partial charge in [-0.25, -0.2) is 0 Å². The van der Waals surface area contributed by atoms with Gasteiger partial charge in [-0.05, 0) is 19.4 Å². The van der Waals surface area contributed by atoms with Gasteiger partial charge < -0.3 is 10.4 Å². The van der Waals surface area contributed by atoms with Gasteiger partial charge in [-0.15, -0.1) is 0 Å². The van der Waals surface area contributed by atoms with Gasteiger partial charge in [0.1, 0.15) is 0 Å². The van der Waals surface area contributed by atoms with E-state index in [1.165, 1.54) is 6.07 Å².